The third kappa shape index (κ3) is 2.45. The van der Waals surface area contributed by atoms with Crippen molar-refractivity contribution in [3.63, 3.8) is 0 Å². The number of carbonyl (C=O) groups is 2. The first kappa shape index (κ1) is 17.5. The van der Waals surface area contributed by atoms with Crippen molar-refractivity contribution in [3.8, 4) is 0 Å². The van der Waals surface area contributed by atoms with Crippen molar-refractivity contribution < 1.29 is 14.0 Å². The molecule has 3 fully saturated rings. The van der Waals surface area contributed by atoms with Crippen molar-refractivity contribution in [2.75, 3.05) is 18.0 Å². The summed E-state index contributed by atoms with van der Waals surface area (Å²) >= 11 is 0. The van der Waals surface area contributed by atoms with Gasteiger partial charge in [0.15, 0.2) is 0 Å². The minimum Gasteiger partial charge on any atom is -0.274 e. The fraction of sp³-hybridized carbons (Fsp3) is 0.364. The van der Waals surface area contributed by atoms with Gasteiger partial charge in [-0.1, -0.05) is 31.2 Å². The van der Waals surface area contributed by atoms with Gasteiger partial charge in [0.1, 0.15) is 11.9 Å². The number of halogens is 1. The molecule has 2 aromatic carbocycles. The molecule has 3 aliphatic rings. The van der Waals surface area contributed by atoms with E-state index in [4.69, 9.17) is 0 Å². The highest BCUT2D eigenvalue weighted by atomic mass is 19.1. The molecule has 0 saturated carbocycles. The van der Waals surface area contributed by atoms with Gasteiger partial charge in [0.2, 0.25) is 5.91 Å². The Labute approximate surface area is 163 Å². The summed E-state index contributed by atoms with van der Waals surface area (Å²) in [7, 11) is 0. The van der Waals surface area contributed by atoms with Crippen molar-refractivity contribution >= 4 is 17.5 Å². The maximum atomic E-state index is 13.4. The van der Waals surface area contributed by atoms with Crippen LogP contribution in [0.25, 0.3) is 0 Å². The Hall–Kier alpha value is -2.57. The van der Waals surface area contributed by atoms with E-state index < -0.39 is 12.0 Å². The highest BCUT2D eigenvalue weighted by Crippen LogP contribution is 2.48. The number of anilines is 1. The Balaban J connectivity index is 1.55. The molecule has 6 heteroatoms. The monoisotopic (exact) mass is 379 g/mol. The van der Waals surface area contributed by atoms with E-state index in [0.717, 1.165) is 37.1 Å². The van der Waals surface area contributed by atoms with Crippen molar-refractivity contribution in [2.24, 2.45) is 5.92 Å². The van der Waals surface area contributed by atoms with Crippen molar-refractivity contribution in [2.45, 2.75) is 31.8 Å². The molecule has 3 heterocycles. The Bertz CT molecular complexity index is 928. The second-order valence-corrected chi connectivity index (χ2v) is 7.68. The number of amides is 2. The number of hydrogen-bond acceptors (Lipinski definition) is 4. The summed E-state index contributed by atoms with van der Waals surface area (Å²) in [5.74, 6) is -1.09. The molecule has 0 aromatic heterocycles. The van der Waals surface area contributed by atoms with Crippen molar-refractivity contribution in [3.05, 3.63) is 65.5 Å². The standard InChI is InChI=1S/C22H22FN3O2/c1-2-14-4-10-17(11-5-14)26-21(27)18-19(15-6-8-16(23)9-7-15)24-12-3-13-25(24)20(18)22(26)28/h4-11,18-20H,2-3,12-13H2,1H3/t18-,19-,20+/m1/s1. The zero-order chi connectivity index (χ0) is 19.4. The second-order valence-electron chi connectivity index (χ2n) is 7.68. The van der Waals surface area contributed by atoms with Gasteiger partial charge in [-0.25, -0.2) is 19.3 Å². The van der Waals surface area contributed by atoms with E-state index in [-0.39, 0.29) is 23.7 Å². The average molecular weight is 379 g/mol. The predicted molar refractivity (Wildman–Crippen MR) is 103 cm³/mol. The fourth-order valence-corrected chi connectivity index (χ4v) is 4.91. The third-order valence-corrected chi connectivity index (χ3v) is 6.22. The SMILES string of the molecule is CCc1ccc(N2C(=O)[C@H]3[C@@H](C2=O)N2CCCN2[C@@H]3c2ccc(F)cc2)cc1. The van der Waals surface area contributed by atoms with Gasteiger partial charge in [-0.3, -0.25) is 9.59 Å². The van der Waals surface area contributed by atoms with E-state index in [1.807, 2.05) is 24.3 Å². The lowest BCUT2D eigenvalue weighted by atomic mass is 9.90. The van der Waals surface area contributed by atoms with Crippen molar-refractivity contribution in [1.29, 1.82) is 0 Å². The van der Waals surface area contributed by atoms with Gasteiger partial charge in [-0.05, 0) is 48.2 Å². The molecule has 2 aromatic rings. The molecule has 3 aliphatic heterocycles. The number of fused-ring (bicyclic) bond motifs is 3. The molecule has 2 amide bonds. The van der Waals surface area contributed by atoms with E-state index in [1.165, 1.54) is 17.0 Å². The van der Waals surface area contributed by atoms with Crippen LogP contribution in [0.3, 0.4) is 0 Å². The molecule has 3 saturated heterocycles. The number of nitrogens with zero attached hydrogens (tertiary/aromatic N) is 3. The van der Waals surface area contributed by atoms with Crippen LogP contribution >= 0.6 is 0 Å². The number of hydrogen-bond donors (Lipinski definition) is 0. The van der Waals surface area contributed by atoms with Crippen LogP contribution in [-0.2, 0) is 16.0 Å². The summed E-state index contributed by atoms with van der Waals surface area (Å²) in [4.78, 5) is 28.1. The summed E-state index contributed by atoms with van der Waals surface area (Å²) in [6.07, 6.45) is 1.86. The summed E-state index contributed by atoms with van der Waals surface area (Å²) < 4.78 is 13.4. The molecule has 3 atom stereocenters. The molecule has 0 spiro atoms. The number of aryl methyl sites for hydroxylation is 1. The van der Waals surface area contributed by atoms with Crippen molar-refractivity contribution in [1.82, 2.24) is 10.0 Å². The van der Waals surface area contributed by atoms with Crippen LogP contribution in [0.1, 0.15) is 30.5 Å². The van der Waals surface area contributed by atoms with Gasteiger partial charge in [0, 0.05) is 13.1 Å². The molecule has 5 rings (SSSR count). The van der Waals surface area contributed by atoms with E-state index in [9.17, 15) is 14.0 Å². The lowest BCUT2D eigenvalue weighted by molar-refractivity contribution is -0.126. The van der Waals surface area contributed by atoms with E-state index in [1.54, 1.807) is 12.1 Å². The maximum Gasteiger partial charge on any atom is 0.253 e. The van der Waals surface area contributed by atoms with Gasteiger partial charge in [-0.2, -0.15) is 0 Å². The maximum absolute atomic E-state index is 13.4. The molecule has 5 nitrogen and oxygen atoms in total. The minimum atomic E-state index is -0.476. The average Bonchev–Trinajstić information content (AvgIpc) is 3.35. The van der Waals surface area contributed by atoms with E-state index >= 15 is 0 Å². The number of rotatable bonds is 3. The number of carbonyl (C=O) groups excluding carboxylic acids is 2. The Kier molecular flexibility index (Phi) is 4.07. The minimum absolute atomic E-state index is 0.157. The molecule has 0 bridgehead atoms. The number of imide groups is 1. The molecule has 0 aliphatic carbocycles. The van der Waals surface area contributed by atoms with Crippen LogP contribution in [0.5, 0.6) is 0 Å². The highest BCUT2D eigenvalue weighted by molar-refractivity contribution is 6.24. The van der Waals surface area contributed by atoms with Crippen LogP contribution in [0.2, 0.25) is 0 Å². The van der Waals surface area contributed by atoms with Gasteiger partial charge < -0.3 is 0 Å². The first-order chi connectivity index (χ1) is 13.6. The quantitative estimate of drug-likeness (QED) is 0.770. The Morgan fingerprint density at radius 3 is 2.18 bits per heavy atom. The lowest BCUT2D eigenvalue weighted by Crippen LogP contribution is -2.44. The Morgan fingerprint density at radius 2 is 1.54 bits per heavy atom. The van der Waals surface area contributed by atoms with Crippen LogP contribution in [0.4, 0.5) is 10.1 Å². The topological polar surface area (TPSA) is 43.9 Å². The first-order valence-corrected chi connectivity index (χ1v) is 9.85. The summed E-state index contributed by atoms with van der Waals surface area (Å²) in [6, 6.07) is 13.2. The molecule has 28 heavy (non-hydrogen) atoms. The van der Waals surface area contributed by atoms with Gasteiger partial charge >= 0.3 is 0 Å². The van der Waals surface area contributed by atoms with Crippen LogP contribution in [0, 0.1) is 11.7 Å². The predicted octanol–water partition coefficient (Wildman–Crippen LogP) is 2.92. The van der Waals surface area contributed by atoms with Crippen LogP contribution in [-0.4, -0.2) is 41.0 Å². The van der Waals surface area contributed by atoms with Crippen LogP contribution < -0.4 is 4.90 Å². The molecule has 0 radical (unpaired) electrons. The van der Waals surface area contributed by atoms with Gasteiger partial charge in [0.05, 0.1) is 17.6 Å². The summed E-state index contributed by atoms with van der Waals surface area (Å²) in [5.41, 5.74) is 2.67. The van der Waals surface area contributed by atoms with Crippen LogP contribution in [0.15, 0.2) is 48.5 Å². The van der Waals surface area contributed by atoms with E-state index in [0.29, 0.717) is 5.69 Å². The first-order valence-electron chi connectivity index (χ1n) is 9.85. The molecular formula is C22H22FN3O2. The van der Waals surface area contributed by atoms with Gasteiger partial charge in [0.25, 0.3) is 5.91 Å². The van der Waals surface area contributed by atoms with E-state index in [2.05, 4.69) is 16.9 Å². The smallest absolute Gasteiger partial charge is 0.253 e. The number of benzene rings is 2. The molecule has 144 valence electrons. The second kappa shape index (κ2) is 6.50. The summed E-state index contributed by atoms with van der Waals surface area (Å²) in [6.45, 7) is 3.64. The largest absolute Gasteiger partial charge is 0.274 e. The molecule has 0 N–H and O–H groups in total. The zero-order valence-corrected chi connectivity index (χ0v) is 15.7. The Morgan fingerprint density at radius 1 is 0.893 bits per heavy atom. The lowest BCUT2D eigenvalue weighted by Gasteiger charge is -2.29. The zero-order valence-electron chi connectivity index (χ0n) is 15.7. The van der Waals surface area contributed by atoms with Gasteiger partial charge in [-0.15, -0.1) is 0 Å². The highest BCUT2D eigenvalue weighted by Gasteiger charge is 2.62. The fourth-order valence-electron chi connectivity index (χ4n) is 4.91. The normalized spacial score (nSPS) is 27.5. The summed E-state index contributed by atoms with van der Waals surface area (Å²) in [5, 5.41) is 4.19. The number of hydrazine groups is 1. The molecular weight excluding hydrogens is 357 g/mol. The molecule has 0 unspecified atom stereocenters. The third-order valence-electron chi connectivity index (χ3n) is 6.22.